The van der Waals surface area contributed by atoms with Crippen LogP contribution < -0.4 is 5.32 Å². The van der Waals surface area contributed by atoms with Crippen molar-refractivity contribution in [2.45, 2.75) is 19.9 Å². The first-order chi connectivity index (χ1) is 9.43. The van der Waals surface area contributed by atoms with Gasteiger partial charge < -0.3 is 5.32 Å². The zero-order valence-electron chi connectivity index (χ0n) is 11.6. The fourth-order valence-corrected chi connectivity index (χ4v) is 2.55. The van der Waals surface area contributed by atoms with Crippen LogP contribution in [0.4, 0.5) is 8.78 Å². The van der Waals surface area contributed by atoms with Crippen molar-refractivity contribution in [1.82, 2.24) is 5.32 Å². The molecule has 2 rings (SSSR count). The van der Waals surface area contributed by atoms with E-state index in [1.165, 1.54) is 12.1 Å². The summed E-state index contributed by atoms with van der Waals surface area (Å²) in [4.78, 5) is 0. The lowest BCUT2D eigenvalue weighted by molar-refractivity contribution is 0.553. The molecule has 1 atom stereocenters. The fourth-order valence-electron chi connectivity index (χ4n) is 2.32. The van der Waals surface area contributed by atoms with Gasteiger partial charge in [0.15, 0.2) is 0 Å². The van der Waals surface area contributed by atoms with Gasteiger partial charge in [-0.15, -0.1) is 0 Å². The Hall–Kier alpha value is -1.45. The third-order valence-corrected chi connectivity index (χ3v) is 3.66. The number of hydrogen-bond donors (Lipinski definition) is 1. The van der Waals surface area contributed by atoms with E-state index in [4.69, 9.17) is 11.6 Å². The minimum absolute atomic E-state index is 0.293. The second kappa shape index (κ2) is 5.90. The van der Waals surface area contributed by atoms with Gasteiger partial charge in [0, 0.05) is 10.6 Å². The number of rotatable bonds is 3. The summed E-state index contributed by atoms with van der Waals surface area (Å²) in [7, 11) is 1.72. The van der Waals surface area contributed by atoms with E-state index >= 15 is 0 Å². The Balaban J connectivity index is 2.55. The molecule has 0 saturated heterocycles. The summed E-state index contributed by atoms with van der Waals surface area (Å²) in [6.45, 7) is 3.44. The van der Waals surface area contributed by atoms with Crippen molar-refractivity contribution < 1.29 is 8.78 Å². The lowest BCUT2D eigenvalue weighted by atomic mass is 9.94. The van der Waals surface area contributed by atoms with Crippen LogP contribution in [0.25, 0.3) is 0 Å². The van der Waals surface area contributed by atoms with E-state index in [-0.39, 0.29) is 0 Å². The number of benzene rings is 2. The van der Waals surface area contributed by atoms with Crippen molar-refractivity contribution in [1.29, 1.82) is 0 Å². The quantitative estimate of drug-likeness (QED) is 0.876. The molecule has 2 aromatic rings. The molecule has 0 aliphatic carbocycles. The predicted octanol–water partition coefficient (Wildman–Crippen LogP) is 4.54. The summed E-state index contributed by atoms with van der Waals surface area (Å²) in [6.07, 6.45) is 0. The summed E-state index contributed by atoms with van der Waals surface area (Å²) in [5, 5.41) is 3.65. The first kappa shape index (κ1) is 14.9. The van der Waals surface area contributed by atoms with Crippen molar-refractivity contribution in [3.05, 3.63) is 69.2 Å². The number of halogens is 3. The van der Waals surface area contributed by atoms with Gasteiger partial charge in [0.2, 0.25) is 0 Å². The summed E-state index contributed by atoms with van der Waals surface area (Å²) in [6, 6.07) is 7.44. The molecule has 0 saturated carbocycles. The van der Waals surface area contributed by atoms with Gasteiger partial charge in [-0.1, -0.05) is 17.7 Å². The summed E-state index contributed by atoms with van der Waals surface area (Å²) < 4.78 is 27.9. The van der Waals surface area contributed by atoms with Gasteiger partial charge >= 0.3 is 0 Å². The zero-order valence-corrected chi connectivity index (χ0v) is 12.4. The largest absolute Gasteiger partial charge is 0.309 e. The summed E-state index contributed by atoms with van der Waals surface area (Å²) >= 11 is 5.93. The molecule has 0 aliphatic heterocycles. The predicted molar refractivity (Wildman–Crippen MR) is 78.2 cm³/mol. The minimum Gasteiger partial charge on any atom is -0.309 e. The van der Waals surface area contributed by atoms with Gasteiger partial charge in [-0.05, 0) is 61.9 Å². The van der Waals surface area contributed by atoms with Crippen molar-refractivity contribution in [2.24, 2.45) is 0 Å². The molecule has 1 N–H and O–H groups in total. The molecule has 1 nitrogen and oxygen atoms in total. The highest BCUT2D eigenvalue weighted by atomic mass is 35.5. The topological polar surface area (TPSA) is 12.0 Å². The molecule has 0 aromatic heterocycles. The molecule has 0 fully saturated rings. The lowest BCUT2D eigenvalue weighted by Crippen LogP contribution is -2.20. The van der Waals surface area contributed by atoms with E-state index < -0.39 is 17.7 Å². The first-order valence-corrected chi connectivity index (χ1v) is 6.70. The standard InChI is InChI=1S/C16H16ClF2N/c1-9-6-11(17)4-5-12(9)16(20-3)13-8-14(18)10(2)7-15(13)19/h4-8,16,20H,1-3H3. The summed E-state index contributed by atoms with van der Waals surface area (Å²) in [5.41, 5.74) is 2.39. The van der Waals surface area contributed by atoms with Crippen LogP contribution in [0.2, 0.25) is 5.02 Å². The van der Waals surface area contributed by atoms with Crippen LogP contribution in [0.15, 0.2) is 30.3 Å². The zero-order chi connectivity index (χ0) is 14.9. The average Bonchev–Trinajstić information content (AvgIpc) is 2.38. The smallest absolute Gasteiger partial charge is 0.128 e. The maximum Gasteiger partial charge on any atom is 0.128 e. The molecule has 20 heavy (non-hydrogen) atoms. The van der Waals surface area contributed by atoms with Crippen molar-refractivity contribution in [3.63, 3.8) is 0 Å². The highest BCUT2D eigenvalue weighted by Gasteiger charge is 2.19. The van der Waals surface area contributed by atoms with Crippen molar-refractivity contribution in [3.8, 4) is 0 Å². The Labute approximate surface area is 122 Å². The first-order valence-electron chi connectivity index (χ1n) is 6.33. The van der Waals surface area contributed by atoms with Crippen LogP contribution in [0.5, 0.6) is 0 Å². The number of aryl methyl sites for hydroxylation is 2. The molecule has 0 radical (unpaired) electrons. The van der Waals surface area contributed by atoms with Gasteiger partial charge in [-0.2, -0.15) is 0 Å². The van der Waals surface area contributed by atoms with Crippen molar-refractivity contribution >= 4 is 11.6 Å². The van der Waals surface area contributed by atoms with Crippen molar-refractivity contribution in [2.75, 3.05) is 7.05 Å². The minimum atomic E-state index is -0.419. The van der Waals surface area contributed by atoms with E-state index in [0.29, 0.717) is 16.1 Å². The Kier molecular flexibility index (Phi) is 4.41. The Morgan fingerprint density at radius 3 is 2.25 bits per heavy atom. The third-order valence-electron chi connectivity index (χ3n) is 3.42. The maximum atomic E-state index is 14.1. The van der Waals surface area contributed by atoms with E-state index in [1.807, 2.05) is 19.1 Å². The van der Waals surface area contributed by atoms with Crippen LogP contribution >= 0.6 is 11.6 Å². The van der Waals surface area contributed by atoms with Crippen LogP contribution in [0.3, 0.4) is 0 Å². The van der Waals surface area contributed by atoms with Gasteiger partial charge in [-0.25, -0.2) is 8.78 Å². The molecule has 0 heterocycles. The number of hydrogen-bond acceptors (Lipinski definition) is 1. The molecule has 2 aromatic carbocycles. The Morgan fingerprint density at radius 1 is 0.950 bits per heavy atom. The highest BCUT2D eigenvalue weighted by Crippen LogP contribution is 2.29. The highest BCUT2D eigenvalue weighted by molar-refractivity contribution is 6.30. The third kappa shape index (κ3) is 2.84. The fraction of sp³-hybridized carbons (Fsp3) is 0.250. The van der Waals surface area contributed by atoms with Gasteiger partial charge in [0.05, 0.1) is 6.04 Å². The van der Waals surface area contributed by atoms with E-state index in [1.54, 1.807) is 20.0 Å². The van der Waals surface area contributed by atoms with E-state index in [2.05, 4.69) is 5.32 Å². The molecular formula is C16H16ClF2N. The monoisotopic (exact) mass is 295 g/mol. The van der Waals surface area contributed by atoms with Crippen LogP contribution in [-0.4, -0.2) is 7.05 Å². The molecule has 4 heteroatoms. The molecule has 106 valence electrons. The normalized spacial score (nSPS) is 12.5. The lowest BCUT2D eigenvalue weighted by Gasteiger charge is -2.20. The van der Waals surface area contributed by atoms with Crippen LogP contribution in [0.1, 0.15) is 28.3 Å². The van der Waals surface area contributed by atoms with E-state index in [9.17, 15) is 8.78 Å². The second-order valence-corrected chi connectivity index (χ2v) is 5.28. The molecule has 0 spiro atoms. The molecule has 1 unspecified atom stereocenters. The second-order valence-electron chi connectivity index (χ2n) is 4.85. The Morgan fingerprint density at radius 2 is 1.65 bits per heavy atom. The summed E-state index contributed by atoms with van der Waals surface area (Å²) in [5.74, 6) is -0.828. The maximum absolute atomic E-state index is 14.1. The van der Waals surface area contributed by atoms with Crippen LogP contribution in [-0.2, 0) is 0 Å². The number of nitrogens with one attached hydrogen (secondary N) is 1. The SMILES string of the molecule is CNC(c1ccc(Cl)cc1C)c1cc(F)c(C)cc1F. The average molecular weight is 296 g/mol. The van der Waals surface area contributed by atoms with Gasteiger partial charge in [0.25, 0.3) is 0 Å². The molecular weight excluding hydrogens is 280 g/mol. The van der Waals surface area contributed by atoms with Crippen LogP contribution in [0, 0.1) is 25.5 Å². The van der Waals surface area contributed by atoms with Gasteiger partial charge in [0.1, 0.15) is 11.6 Å². The van der Waals surface area contributed by atoms with Gasteiger partial charge in [-0.3, -0.25) is 0 Å². The molecule has 0 amide bonds. The Bertz CT molecular complexity index is 641. The van der Waals surface area contributed by atoms with E-state index in [0.717, 1.165) is 11.1 Å². The molecule has 0 bridgehead atoms. The molecule has 0 aliphatic rings.